The summed E-state index contributed by atoms with van der Waals surface area (Å²) in [6, 6.07) is 9.17. The number of nitrogens with two attached hydrogens (primary N) is 1. The van der Waals surface area contributed by atoms with Crippen LogP contribution < -0.4 is 21.3 Å². The molecule has 0 aromatic carbocycles. The molecule has 5 N–H and O–H groups in total. The molecule has 6 rings (SSSR count). The van der Waals surface area contributed by atoms with E-state index in [1.807, 2.05) is 18.3 Å². The highest BCUT2D eigenvalue weighted by atomic mass is 15.3. The van der Waals surface area contributed by atoms with Gasteiger partial charge in [0.15, 0.2) is 0 Å². The molecule has 35 heavy (non-hydrogen) atoms. The van der Waals surface area contributed by atoms with E-state index in [-0.39, 0.29) is 0 Å². The maximum absolute atomic E-state index is 5.94. The summed E-state index contributed by atoms with van der Waals surface area (Å²) in [6.45, 7) is 6.98. The molecule has 4 aromatic rings. The molecule has 2 fully saturated rings. The van der Waals surface area contributed by atoms with Gasteiger partial charge in [0, 0.05) is 43.1 Å². The summed E-state index contributed by atoms with van der Waals surface area (Å²) in [5, 5.41) is 8.12. The average Bonchev–Trinajstić information content (AvgIpc) is 3.60. The first-order chi connectivity index (χ1) is 17.0. The van der Waals surface area contributed by atoms with Crippen molar-refractivity contribution in [1.29, 1.82) is 0 Å². The number of pyridine rings is 2. The van der Waals surface area contributed by atoms with Crippen molar-refractivity contribution < 1.29 is 0 Å². The lowest BCUT2D eigenvalue weighted by Gasteiger charge is -2.37. The van der Waals surface area contributed by atoms with Crippen molar-refractivity contribution in [2.75, 3.05) is 29.0 Å². The minimum absolute atomic E-state index is 0.439. The van der Waals surface area contributed by atoms with Gasteiger partial charge in [0.1, 0.15) is 29.4 Å². The van der Waals surface area contributed by atoms with Gasteiger partial charge in [-0.15, -0.1) is 0 Å². The van der Waals surface area contributed by atoms with E-state index in [9.17, 15) is 0 Å². The molecule has 4 aromatic heterocycles. The molecule has 0 bridgehead atoms. The summed E-state index contributed by atoms with van der Waals surface area (Å²) in [5.74, 6) is 2.92. The summed E-state index contributed by atoms with van der Waals surface area (Å²) in [6.07, 6.45) is 7.72. The van der Waals surface area contributed by atoms with E-state index >= 15 is 0 Å². The normalized spacial score (nSPS) is 20.3. The van der Waals surface area contributed by atoms with Gasteiger partial charge >= 0.3 is 0 Å². The fourth-order valence-corrected chi connectivity index (χ4v) is 5.21. The summed E-state index contributed by atoms with van der Waals surface area (Å²) in [5.41, 5.74) is 11.1. The Bertz CT molecular complexity index is 1350. The third-order valence-electron chi connectivity index (χ3n) is 6.88. The first-order valence-electron chi connectivity index (χ1n) is 12.3. The number of aromatic nitrogens is 5. The van der Waals surface area contributed by atoms with Crippen molar-refractivity contribution in [3.63, 3.8) is 0 Å². The van der Waals surface area contributed by atoms with E-state index in [1.54, 1.807) is 12.5 Å². The van der Waals surface area contributed by atoms with Gasteiger partial charge < -0.3 is 26.3 Å². The van der Waals surface area contributed by atoms with Crippen molar-refractivity contribution in [3.8, 4) is 11.1 Å². The Morgan fingerprint density at radius 1 is 1.09 bits per heavy atom. The summed E-state index contributed by atoms with van der Waals surface area (Å²) >= 11 is 0. The maximum Gasteiger partial charge on any atom is 0.143 e. The van der Waals surface area contributed by atoms with E-state index in [1.165, 1.54) is 18.4 Å². The summed E-state index contributed by atoms with van der Waals surface area (Å²) in [4.78, 5) is 24.0. The van der Waals surface area contributed by atoms with Crippen molar-refractivity contribution in [2.24, 2.45) is 0 Å². The largest absolute Gasteiger partial charge is 0.384 e. The Labute approximate surface area is 204 Å². The number of anilines is 3. The zero-order valence-electron chi connectivity index (χ0n) is 20.1. The second kappa shape index (κ2) is 8.81. The molecule has 1 saturated carbocycles. The monoisotopic (exact) mass is 469 g/mol. The molecular formula is C26H31N9. The van der Waals surface area contributed by atoms with Crippen LogP contribution >= 0.6 is 0 Å². The molecule has 0 radical (unpaired) electrons. The van der Waals surface area contributed by atoms with E-state index in [2.05, 4.69) is 61.4 Å². The van der Waals surface area contributed by atoms with Gasteiger partial charge in [-0.3, -0.25) is 0 Å². The third-order valence-corrected chi connectivity index (χ3v) is 6.88. The highest BCUT2D eigenvalue weighted by Crippen LogP contribution is 2.42. The lowest BCUT2D eigenvalue weighted by Crippen LogP contribution is -2.54. The predicted molar refractivity (Wildman–Crippen MR) is 139 cm³/mol. The number of nitrogens with one attached hydrogen (secondary N) is 3. The molecule has 1 aliphatic carbocycles. The number of piperazine rings is 1. The molecule has 0 unspecified atom stereocenters. The smallest absolute Gasteiger partial charge is 0.143 e. The Morgan fingerprint density at radius 3 is 2.69 bits per heavy atom. The molecule has 0 amide bonds. The second-order valence-electron chi connectivity index (χ2n) is 9.82. The molecular weight excluding hydrogens is 438 g/mol. The van der Waals surface area contributed by atoms with E-state index < -0.39 is 0 Å². The van der Waals surface area contributed by atoms with E-state index in [0.29, 0.717) is 30.4 Å². The van der Waals surface area contributed by atoms with Crippen molar-refractivity contribution in [2.45, 2.75) is 51.2 Å². The molecule has 0 spiro atoms. The molecule has 5 heterocycles. The molecule has 2 aliphatic rings. The average molecular weight is 470 g/mol. The second-order valence-corrected chi connectivity index (χ2v) is 9.82. The number of fused-ring (bicyclic) bond motifs is 1. The molecule has 1 aliphatic heterocycles. The van der Waals surface area contributed by atoms with E-state index in [0.717, 1.165) is 52.6 Å². The van der Waals surface area contributed by atoms with Gasteiger partial charge in [-0.2, -0.15) is 0 Å². The van der Waals surface area contributed by atoms with Gasteiger partial charge in [-0.25, -0.2) is 19.9 Å². The first-order valence-corrected chi connectivity index (χ1v) is 12.3. The van der Waals surface area contributed by atoms with Crippen LogP contribution in [0.2, 0.25) is 0 Å². The fourth-order valence-electron chi connectivity index (χ4n) is 5.21. The first kappa shape index (κ1) is 21.8. The number of H-pyrrole nitrogens is 1. The quantitative estimate of drug-likeness (QED) is 0.338. The Morgan fingerprint density at radius 2 is 1.91 bits per heavy atom. The number of hydrogen-bond donors (Lipinski definition) is 4. The topological polar surface area (TPSA) is 121 Å². The van der Waals surface area contributed by atoms with Gasteiger partial charge in [-0.05, 0) is 61.9 Å². The van der Waals surface area contributed by atoms with Gasteiger partial charge in [0.25, 0.3) is 0 Å². The van der Waals surface area contributed by atoms with E-state index in [4.69, 9.17) is 10.7 Å². The fraction of sp³-hybridized carbons (Fsp3) is 0.385. The highest BCUT2D eigenvalue weighted by molar-refractivity contribution is 6.01. The number of aromatic amines is 1. The van der Waals surface area contributed by atoms with Crippen molar-refractivity contribution >= 4 is 28.5 Å². The summed E-state index contributed by atoms with van der Waals surface area (Å²) in [7, 11) is 0. The zero-order chi connectivity index (χ0) is 23.9. The van der Waals surface area contributed by atoms with Gasteiger partial charge in [0.05, 0.1) is 17.6 Å². The van der Waals surface area contributed by atoms with Crippen LogP contribution in [0, 0.1) is 0 Å². The number of rotatable bonds is 6. The minimum atomic E-state index is 0.439. The van der Waals surface area contributed by atoms with Crippen molar-refractivity contribution in [3.05, 3.63) is 54.2 Å². The highest BCUT2D eigenvalue weighted by Gasteiger charge is 2.28. The Kier molecular flexibility index (Phi) is 5.49. The Hall–Kier alpha value is -3.72. The van der Waals surface area contributed by atoms with Crippen LogP contribution in [0.25, 0.3) is 22.2 Å². The van der Waals surface area contributed by atoms with Crippen LogP contribution in [0.5, 0.6) is 0 Å². The third kappa shape index (κ3) is 4.39. The molecule has 1 saturated heterocycles. The molecule has 180 valence electrons. The standard InChI is InChI=1S/C26H31N9/c1-15-12-35(13-16(2)33-15)23-6-5-19(17-3-4-17)21(34-23)11-30-26-24-20(10-29-25(24)31-14-32-26)18-7-8-28-22(27)9-18/h5-10,14-17,33H,3-4,11-13H2,1-2H3,(H2,27,28)(H2,29,30,31,32)/t15-,16+. The molecule has 9 heteroatoms. The van der Waals surface area contributed by atoms with Crippen LogP contribution in [0.3, 0.4) is 0 Å². The maximum atomic E-state index is 5.94. The van der Waals surface area contributed by atoms with Crippen molar-refractivity contribution in [1.82, 2.24) is 30.2 Å². The van der Waals surface area contributed by atoms with Gasteiger partial charge in [0.2, 0.25) is 0 Å². The lowest BCUT2D eigenvalue weighted by atomic mass is 10.1. The molecule has 9 nitrogen and oxygen atoms in total. The van der Waals surface area contributed by atoms with Gasteiger partial charge in [-0.1, -0.05) is 6.07 Å². The number of nitrogens with zero attached hydrogens (tertiary/aromatic N) is 5. The summed E-state index contributed by atoms with van der Waals surface area (Å²) < 4.78 is 0. The number of nitrogen functional groups attached to an aromatic ring is 1. The minimum Gasteiger partial charge on any atom is -0.384 e. The Balaban J connectivity index is 1.32. The van der Waals surface area contributed by atoms with Crippen LogP contribution in [0.4, 0.5) is 17.5 Å². The van der Waals surface area contributed by atoms with Crippen LogP contribution in [0.1, 0.15) is 43.9 Å². The molecule has 2 atom stereocenters. The SMILES string of the molecule is C[C@@H]1CN(c2ccc(C3CC3)c(CNc3ncnc4[nH]cc(-c5ccnc(N)c5)c34)n2)C[C@H](C)N1. The van der Waals surface area contributed by atoms with Crippen LogP contribution in [-0.4, -0.2) is 50.1 Å². The van der Waals surface area contributed by atoms with Crippen LogP contribution in [0.15, 0.2) is 43.0 Å². The lowest BCUT2D eigenvalue weighted by molar-refractivity contribution is 0.405. The zero-order valence-corrected chi connectivity index (χ0v) is 20.1. The number of hydrogen-bond acceptors (Lipinski definition) is 8. The predicted octanol–water partition coefficient (Wildman–Crippen LogP) is 3.67. The van der Waals surface area contributed by atoms with Crippen LogP contribution in [-0.2, 0) is 6.54 Å².